The fourth-order valence-corrected chi connectivity index (χ4v) is 3.70. The van der Waals surface area contributed by atoms with Gasteiger partial charge in [-0.05, 0) is 36.2 Å². The molecule has 156 valence electrons. The number of pyridine rings is 1. The van der Waals surface area contributed by atoms with E-state index in [0.29, 0.717) is 6.54 Å². The van der Waals surface area contributed by atoms with Crippen molar-refractivity contribution >= 4 is 16.9 Å². The minimum Gasteiger partial charge on any atom is -0.469 e. The quantitative estimate of drug-likeness (QED) is 0.406. The topological polar surface area (TPSA) is 84.6 Å². The highest BCUT2D eigenvalue weighted by Crippen LogP contribution is 2.24. The van der Waals surface area contributed by atoms with Crippen LogP contribution in [-0.4, -0.2) is 24.7 Å². The number of aryl methyl sites for hydroxylation is 3. The van der Waals surface area contributed by atoms with Crippen molar-refractivity contribution < 1.29 is 4.42 Å². The van der Waals surface area contributed by atoms with Crippen LogP contribution >= 0.6 is 0 Å². The van der Waals surface area contributed by atoms with E-state index in [4.69, 9.17) is 4.42 Å². The van der Waals surface area contributed by atoms with E-state index in [1.807, 2.05) is 36.1 Å². The Kier molecular flexibility index (Phi) is 5.00. The van der Waals surface area contributed by atoms with Crippen molar-refractivity contribution in [3.63, 3.8) is 0 Å². The van der Waals surface area contributed by atoms with Crippen LogP contribution in [0.4, 0.5) is 5.69 Å². The van der Waals surface area contributed by atoms with Crippen molar-refractivity contribution in [2.24, 2.45) is 7.05 Å². The number of nitrogens with zero attached hydrogens (tertiary/aromatic N) is 4. The first-order chi connectivity index (χ1) is 15.2. The van der Waals surface area contributed by atoms with Crippen LogP contribution < -0.4 is 5.32 Å². The van der Waals surface area contributed by atoms with Gasteiger partial charge in [0.15, 0.2) is 5.65 Å². The van der Waals surface area contributed by atoms with E-state index in [1.54, 1.807) is 12.5 Å². The van der Waals surface area contributed by atoms with E-state index in [0.717, 1.165) is 52.5 Å². The van der Waals surface area contributed by atoms with Crippen LogP contribution in [0.5, 0.6) is 0 Å². The average molecular weight is 412 g/mol. The molecule has 0 bridgehead atoms. The summed E-state index contributed by atoms with van der Waals surface area (Å²) in [5.41, 5.74) is 7.35. The summed E-state index contributed by atoms with van der Waals surface area (Å²) in [5, 5.41) is 7.85. The Morgan fingerprint density at radius 1 is 1.10 bits per heavy atom. The number of H-pyrrole nitrogens is 1. The molecule has 0 aliphatic carbocycles. The summed E-state index contributed by atoms with van der Waals surface area (Å²) in [5.74, 6) is 1.86. The molecular weight excluding hydrogens is 388 g/mol. The maximum absolute atomic E-state index is 5.41. The number of hydrogen-bond acceptors (Lipinski definition) is 5. The summed E-state index contributed by atoms with van der Waals surface area (Å²) in [4.78, 5) is 12.4. The lowest BCUT2D eigenvalue weighted by atomic mass is 10.0. The Morgan fingerprint density at radius 3 is 2.71 bits per heavy atom. The van der Waals surface area contributed by atoms with Gasteiger partial charge >= 0.3 is 0 Å². The first-order valence-electron chi connectivity index (χ1n) is 10.3. The van der Waals surface area contributed by atoms with Gasteiger partial charge in [0, 0.05) is 43.9 Å². The smallest absolute Gasteiger partial charge is 0.179 e. The molecule has 7 nitrogen and oxygen atoms in total. The van der Waals surface area contributed by atoms with Crippen molar-refractivity contribution in [3.05, 3.63) is 84.0 Å². The van der Waals surface area contributed by atoms with Crippen LogP contribution in [0.15, 0.2) is 65.5 Å². The van der Waals surface area contributed by atoms with Crippen molar-refractivity contribution in [1.82, 2.24) is 24.7 Å². The van der Waals surface area contributed by atoms with Crippen molar-refractivity contribution in [2.75, 3.05) is 5.32 Å². The zero-order valence-electron chi connectivity index (χ0n) is 17.6. The highest BCUT2D eigenvalue weighted by Gasteiger charge is 2.10. The first kappa shape index (κ1) is 19.1. The van der Waals surface area contributed by atoms with Gasteiger partial charge in [0.05, 0.1) is 18.1 Å². The third-order valence-electron chi connectivity index (χ3n) is 5.61. The third kappa shape index (κ3) is 3.94. The highest BCUT2D eigenvalue weighted by molar-refractivity contribution is 5.85. The van der Waals surface area contributed by atoms with E-state index in [9.17, 15) is 0 Å². The zero-order chi connectivity index (χ0) is 21.2. The SMILES string of the molecule is Cc1c(-c2ccc(CNc3ccnc4nc(CCc5ccco5)[nH]c34)cc2)cnn1C. The number of furan rings is 1. The van der Waals surface area contributed by atoms with E-state index in [1.165, 1.54) is 11.1 Å². The van der Waals surface area contributed by atoms with Gasteiger partial charge in [0.2, 0.25) is 0 Å². The van der Waals surface area contributed by atoms with Gasteiger partial charge in [-0.1, -0.05) is 24.3 Å². The molecule has 31 heavy (non-hydrogen) atoms. The molecule has 0 aliphatic rings. The summed E-state index contributed by atoms with van der Waals surface area (Å²) < 4.78 is 7.31. The van der Waals surface area contributed by atoms with Crippen LogP contribution in [-0.2, 0) is 26.4 Å². The Hall–Kier alpha value is -3.87. The van der Waals surface area contributed by atoms with Crippen molar-refractivity contribution in [2.45, 2.75) is 26.3 Å². The molecule has 0 amide bonds. The predicted molar refractivity (Wildman–Crippen MR) is 121 cm³/mol. The largest absolute Gasteiger partial charge is 0.469 e. The maximum Gasteiger partial charge on any atom is 0.179 e. The molecule has 0 fully saturated rings. The second kappa shape index (κ2) is 8.10. The number of rotatable bonds is 7. The number of nitrogens with one attached hydrogen (secondary N) is 2. The molecule has 5 aromatic rings. The number of aromatic amines is 1. The molecular formula is C24H24N6O. The second-order valence-corrected chi connectivity index (χ2v) is 7.64. The lowest BCUT2D eigenvalue weighted by Crippen LogP contribution is -2.00. The Bertz CT molecular complexity index is 1300. The molecule has 0 atom stereocenters. The van der Waals surface area contributed by atoms with Crippen LogP contribution in [0, 0.1) is 6.92 Å². The van der Waals surface area contributed by atoms with Crippen LogP contribution in [0.2, 0.25) is 0 Å². The van der Waals surface area contributed by atoms with E-state index in [2.05, 4.69) is 56.6 Å². The first-order valence-corrected chi connectivity index (χ1v) is 10.3. The molecule has 5 rings (SSSR count). The number of hydrogen-bond donors (Lipinski definition) is 2. The van der Waals surface area contributed by atoms with Crippen molar-refractivity contribution in [1.29, 1.82) is 0 Å². The molecule has 1 aromatic carbocycles. The number of fused-ring (bicyclic) bond motifs is 1. The summed E-state index contributed by atoms with van der Waals surface area (Å²) in [6, 6.07) is 14.4. The van der Waals surface area contributed by atoms with Gasteiger partial charge in [-0.2, -0.15) is 5.10 Å². The van der Waals surface area contributed by atoms with E-state index >= 15 is 0 Å². The molecule has 0 unspecified atom stereocenters. The zero-order valence-corrected chi connectivity index (χ0v) is 17.6. The Balaban J connectivity index is 1.28. The van der Waals surface area contributed by atoms with Gasteiger partial charge in [0.1, 0.15) is 17.1 Å². The van der Waals surface area contributed by atoms with Gasteiger partial charge < -0.3 is 14.7 Å². The Labute approximate surface area is 180 Å². The van der Waals surface area contributed by atoms with Gasteiger partial charge in [-0.3, -0.25) is 4.68 Å². The maximum atomic E-state index is 5.41. The lowest BCUT2D eigenvalue weighted by molar-refractivity contribution is 0.507. The summed E-state index contributed by atoms with van der Waals surface area (Å²) >= 11 is 0. The molecule has 7 heteroatoms. The molecule has 4 aromatic heterocycles. The molecule has 0 aliphatic heterocycles. The van der Waals surface area contributed by atoms with Crippen LogP contribution in [0.3, 0.4) is 0 Å². The predicted octanol–water partition coefficient (Wildman–Crippen LogP) is 4.66. The normalized spacial score (nSPS) is 11.3. The average Bonchev–Trinajstić information content (AvgIpc) is 3.52. The highest BCUT2D eigenvalue weighted by atomic mass is 16.3. The third-order valence-corrected chi connectivity index (χ3v) is 5.61. The molecule has 0 radical (unpaired) electrons. The molecule has 2 N–H and O–H groups in total. The summed E-state index contributed by atoms with van der Waals surface area (Å²) in [6.45, 7) is 2.80. The van der Waals surface area contributed by atoms with E-state index < -0.39 is 0 Å². The van der Waals surface area contributed by atoms with Gasteiger partial charge in [-0.25, -0.2) is 9.97 Å². The Morgan fingerprint density at radius 2 is 1.97 bits per heavy atom. The van der Waals surface area contributed by atoms with Crippen molar-refractivity contribution in [3.8, 4) is 11.1 Å². The monoisotopic (exact) mass is 412 g/mol. The minimum atomic E-state index is 0.714. The molecule has 0 saturated heterocycles. The second-order valence-electron chi connectivity index (χ2n) is 7.64. The standard InChI is InChI=1S/C24H24N6O/c1-16-20(15-27-30(16)2)18-7-5-17(6-8-18)14-26-21-11-12-25-24-23(21)28-22(29-24)10-9-19-4-3-13-31-19/h3-8,11-13,15H,9-10,14H2,1-2H3,(H2,25,26,28,29). The lowest BCUT2D eigenvalue weighted by Gasteiger charge is -2.08. The molecule has 0 saturated carbocycles. The number of imidazole rings is 1. The molecule has 4 heterocycles. The van der Waals surface area contributed by atoms with Crippen LogP contribution in [0.1, 0.15) is 22.8 Å². The number of aromatic nitrogens is 5. The molecule has 0 spiro atoms. The fourth-order valence-electron chi connectivity index (χ4n) is 3.70. The van der Waals surface area contributed by atoms with Gasteiger partial charge in [-0.15, -0.1) is 0 Å². The van der Waals surface area contributed by atoms with E-state index in [-0.39, 0.29) is 0 Å². The fraction of sp³-hybridized carbons (Fsp3) is 0.208. The number of benzene rings is 1. The number of anilines is 1. The summed E-state index contributed by atoms with van der Waals surface area (Å²) in [6.07, 6.45) is 6.98. The van der Waals surface area contributed by atoms with Gasteiger partial charge in [0.25, 0.3) is 0 Å². The minimum absolute atomic E-state index is 0.714. The summed E-state index contributed by atoms with van der Waals surface area (Å²) in [7, 11) is 1.96. The van der Waals surface area contributed by atoms with Crippen LogP contribution in [0.25, 0.3) is 22.3 Å².